The summed E-state index contributed by atoms with van der Waals surface area (Å²) < 4.78 is 5.90. The van der Waals surface area contributed by atoms with Gasteiger partial charge in [-0.1, -0.05) is 24.6 Å². The van der Waals surface area contributed by atoms with Crippen molar-refractivity contribution in [2.75, 3.05) is 6.54 Å². The number of fused-ring (bicyclic) bond motifs is 1. The molecule has 124 valence electrons. The Morgan fingerprint density at radius 3 is 2.87 bits per heavy atom. The van der Waals surface area contributed by atoms with Crippen LogP contribution in [0.15, 0.2) is 34.9 Å². The minimum atomic E-state index is -0.742. The van der Waals surface area contributed by atoms with Crippen molar-refractivity contribution < 1.29 is 19.6 Å². The minimum Gasteiger partial charge on any atom is -0.456 e. The van der Waals surface area contributed by atoms with Gasteiger partial charge < -0.3 is 10.1 Å². The molecular formula is C19H26NO3+. The van der Waals surface area contributed by atoms with Gasteiger partial charge in [-0.3, -0.25) is 4.79 Å². The van der Waals surface area contributed by atoms with Crippen LogP contribution in [0.25, 0.3) is 0 Å². The molecule has 0 aromatic carbocycles. The fourth-order valence-electron chi connectivity index (χ4n) is 3.92. The van der Waals surface area contributed by atoms with Crippen molar-refractivity contribution in [1.29, 1.82) is 0 Å². The molecule has 2 aliphatic carbocycles. The first-order chi connectivity index (χ1) is 11.0. The van der Waals surface area contributed by atoms with E-state index in [1.807, 2.05) is 25.2 Å². The van der Waals surface area contributed by atoms with Gasteiger partial charge in [0.05, 0.1) is 12.0 Å². The van der Waals surface area contributed by atoms with E-state index >= 15 is 0 Å². The van der Waals surface area contributed by atoms with Crippen LogP contribution >= 0.6 is 0 Å². The number of carbonyl (C=O) groups is 2. The first-order valence-electron chi connectivity index (χ1n) is 8.64. The number of esters is 1. The highest BCUT2D eigenvalue weighted by Crippen LogP contribution is 2.47. The van der Waals surface area contributed by atoms with Crippen molar-refractivity contribution in [1.82, 2.24) is 0 Å². The number of hydrogen-bond acceptors (Lipinski definition) is 3. The van der Waals surface area contributed by atoms with E-state index < -0.39 is 11.5 Å². The Hall–Kier alpha value is -1.68. The predicted molar refractivity (Wildman–Crippen MR) is 87.6 cm³/mol. The van der Waals surface area contributed by atoms with Crippen molar-refractivity contribution in [3.8, 4) is 0 Å². The Bertz CT molecular complexity index is 623. The molecule has 1 saturated heterocycles. The minimum absolute atomic E-state index is 0.0666. The number of nitrogens with two attached hydrogens (primary N) is 1. The maximum Gasteiger partial charge on any atom is 0.365 e. The quantitative estimate of drug-likeness (QED) is 0.808. The second-order valence-corrected chi connectivity index (χ2v) is 7.09. The second-order valence-electron chi connectivity index (χ2n) is 7.09. The molecule has 1 aliphatic heterocycles. The van der Waals surface area contributed by atoms with Crippen LogP contribution in [-0.2, 0) is 14.3 Å². The van der Waals surface area contributed by atoms with Crippen LogP contribution < -0.4 is 5.32 Å². The topological polar surface area (TPSA) is 60.0 Å². The highest BCUT2D eigenvalue weighted by atomic mass is 16.5. The maximum atomic E-state index is 12.7. The lowest BCUT2D eigenvalue weighted by molar-refractivity contribution is -0.659. The zero-order chi connectivity index (χ0) is 16.6. The molecule has 1 fully saturated rings. The van der Waals surface area contributed by atoms with Gasteiger partial charge in [-0.25, -0.2) is 4.79 Å². The van der Waals surface area contributed by atoms with E-state index in [1.54, 1.807) is 6.08 Å². The van der Waals surface area contributed by atoms with Crippen LogP contribution in [0.4, 0.5) is 0 Å². The lowest BCUT2D eigenvalue weighted by Crippen LogP contribution is -2.88. The van der Waals surface area contributed by atoms with Crippen LogP contribution in [0, 0.1) is 5.41 Å². The summed E-state index contributed by atoms with van der Waals surface area (Å²) >= 11 is 0. The third-order valence-corrected chi connectivity index (χ3v) is 5.52. The molecular weight excluding hydrogens is 290 g/mol. The average molecular weight is 316 g/mol. The summed E-state index contributed by atoms with van der Waals surface area (Å²) in [6.07, 6.45) is 8.78. The van der Waals surface area contributed by atoms with Crippen LogP contribution in [0.5, 0.6) is 0 Å². The lowest BCUT2D eigenvalue weighted by atomic mass is 9.74. The molecule has 0 aromatic rings. The van der Waals surface area contributed by atoms with Gasteiger partial charge in [0.1, 0.15) is 6.10 Å². The molecule has 3 atom stereocenters. The number of quaternary nitrogens is 1. The smallest absolute Gasteiger partial charge is 0.365 e. The number of rotatable bonds is 3. The zero-order valence-corrected chi connectivity index (χ0v) is 14.2. The highest BCUT2D eigenvalue weighted by molar-refractivity contribution is 6.03. The summed E-state index contributed by atoms with van der Waals surface area (Å²) in [5, 5.41) is 2.05. The third-order valence-electron chi connectivity index (χ3n) is 5.52. The van der Waals surface area contributed by atoms with E-state index in [0.29, 0.717) is 6.42 Å². The molecule has 0 aromatic heterocycles. The van der Waals surface area contributed by atoms with Gasteiger partial charge in [0, 0.05) is 19.3 Å². The normalized spacial score (nSPS) is 33.5. The average Bonchev–Trinajstić information content (AvgIpc) is 3.10. The largest absolute Gasteiger partial charge is 0.456 e. The van der Waals surface area contributed by atoms with Gasteiger partial charge in [-0.2, -0.15) is 0 Å². The number of ether oxygens (including phenoxy) is 1. The molecule has 0 bridgehead atoms. The van der Waals surface area contributed by atoms with Crippen molar-refractivity contribution in [2.45, 2.75) is 58.6 Å². The first kappa shape index (κ1) is 16.2. The lowest BCUT2D eigenvalue weighted by Gasteiger charge is -2.34. The third kappa shape index (κ3) is 2.69. The maximum absolute atomic E-state index is 12.7. The summed E-state index contributed by atoms with van der Waals surface area (Å²) in [7, 11) is 0. The van der Waals surface area contributed by atoms with Gasteiger partial charge in [-0.15, -0.1) is 0 Å². The van der Waals surface area contributed by atoms with Gasteiger partial charge in [0.15, 0.2) is 11.8 Å². The SMILES string of the molecule is CCC1=CC(=O)[C@]2(C)C1=CC=C(C)C[C@@H]2OC(=O)[C@@H]1CCC[NH2+]1. The van der Waals surface area contributed by atoms with E-state index in [0.717, 1.165) is 42.5 Å². The molecule has 23 heavy (non-hydrogen) atoms. The summed E-state index contributed by atoms with van der Waals surface area (Å²) in [5.74, 6) is -0.0996. The van der Waals surface area contributed by atoms with Crippen molar-refractivity contribution in [2.24, 2.45) is 5.41 Å². The zero-order valence-electron chi connectivity index (χ0n) is 14.2. The summed E-state index contributed by atoms with van der Waals surface area (Å²) in [4.78, 5) is 25.2. The van der Waals surface area contributed by atoms with E-state index in [4.69, 9.17) is 4.74 Å². The van der Waals surface area contributed by atoms with E-state index in [2.05, 4.69) is 13.0 Å². The predicted octanol–water partition coefficient (Wildman–Crippen LogP) is 1.83. The Balaban J connectivity index is 1.90. The number of allylic oxidation sites excluding steroid dienone is 4. The van der Waals surface area contributed by atoms with Crippen LogP contribution in [0.1, 0.15) is 46.5 Å². The number of carbonyl (C=O) groups excluding carboxylic acids is 2. The number of hydrogen-bond donors (Lipinski definition) is 1. The van der Waals surface area contributed by atoms with E-state index in [-0.39, 0.29) is 17.8 Å². The van der Waals surface area contributed by atoms with Gasteiger partial charge in [0.25, 0.3) is 0 Å². The Kier molecular flexibility index (Phi) is 4.28. The van der Waals surface area contributed by atoms with Gasteiger partial charge in [-0.05, 0) is 37.5 Å². The molecule has 3 rings (SSSR count). The summed E-state index contributed by atoms with van der Waals surface area (Å²) in [6.45, 7) is 7.00. The Morgan fingerprint density at radius 1 is 1.43 bits per heavy atom. The van der Waals surface area contributed by atoms with Crippen LogP contribution in [-0.4, -0.2) is 30.4 Å². The van der Waals surface area contributed by atoms with Crippen molar-refractivity contribution in [3.05, 3.63) is 34.9 Å². The molecule has 4 nitrogen and oxygen atoms in total. The molecule has 2 N–H and O–H groups in total. The van der Waals surface area contributed by atoms with Crippen LogP contribution in [0.3, 0.4) is 0 Å². The van der Waals surface area contributed by atoms with Crippen LogP contribution in [0.2, 0.25) is 0 Å². The summed E-state index contributed by atoms with van der Waals surface area (Å²) in [5.41, 5.74) is 2.49. The monoisotopic (exact) mass is 316 g/mol. The summed E-state index contributed by atoms with van der Waals surface area (Å²) in [6, 6.07) is -0.103. The molecule has 0 saturated carbocycles. The Morgan fingerprint density at radius 2 is 2.22 bits per heavy atom. The first-order valence-corrected chi connectivity index (χ1v) is 8.64. The molecule has 3 aliphatic rings. The Labute approximate surface area is 137 Å². The van der Waals surface area contributed by atoms with Crippen molar-refractivity contribution >= 4 is 11.8 Å². The number of ketones is 1. The molecule has 0 unspecified atom stereocenters. The van der Waals surface area contributed by atoms with Crippen molar-refractivity contribution in [3.63, 3.8) is 0 Å². The molecule has 4 heteroatoms. The standard InChI is InChI=1S/C19H25NO3/c1-4-13-11-16(21)19(3)14(13)8-7-12(2)10-17(19)23-18(22)15-6-5-9-20-15/h7-8,11,15,17,20H,4-6,9-10H2,1-3H3/p+1/t15-,17-,19-/m0/s1. The fourth-order valence-corrected chi connectivity index (χ4v) is 3.92. The molecule has 0 radical (unpaired) electrons. The van der Waals surface area contributed by atoms with E-state index in [9.17, 15) is 9.59 Å². The second kappa shape index (κ2) is 6.08. The van der Waals surface area contributed by atoms with Gasteiger partial charge in [0.2, 0.25) is 0 Å². The van der Waals surface area contributed by atoms with E-state index in [1.165, 1.54) is 0 Å². The molecule has 0 amide bonds. The highest BCUT2D eigenvalue weighted by Gasteiger charge is 2.51. The fraction of sp³-hybridized carbons (Fsp3) is 0.579. The molecule has 1 heterocycles. The molecule has 0 spiro atoms. The van der Waals surface area contributed by atoms with Gasteiger partial charge >= 0.3 is 5.97 Å².